The highest BCUT2D eigenvalue weighted by molar-refractivity contribution is 9.10. The molecule has 22 heavy (non-hydrogen) atoms. The van der Waals surface area contributed by atoms with Crippen molar-refractivity contribution in [2.45, 2.75) is 6.42 Å². The van der Waals surface area contributed by atoms with Crippen molar-refractivity contribution in [3.8, 4) is 0 Å². The Bertz CT molecular complexity index is 822. The Hall–Kier alpha value is -2.41. The van der Waals surface area contributed by atoms with E-state index >= 15 is 0 Å². The Labute approximate surface area is 135 Å². The summed E-state index contributed by atoms with van der Waals surface area (Å²) in [4.78, 5) is 11.7. The smallest absolute Gasteiger partial charge is 0.244 e. The second-order valence-corrected chi connectivity index (χ2v) is 5.34. The lowest BCUT2D eigenvalue weighted by molar-refractivity contribution is -0.116. The maximum Gasteiger partial charge on any atom is 0.244 e. The Morgan fingerprint density at radius 3 is 3.05 bits per heavy atom. The van der Waals surface area contributed by atoms with E-state index in [1.807, 2.05) is 28.8 Å². The number of aromatic nitrogens is 3. The van der Waals surface area contributed by atoms with Crippen LogP contribution in [0.5, 0.6) is 0 Å². The van der Waals surface area contributed by atoms with Crippen molar-refractivity contribution >= 4 is 33.6 Å². The minimum atomic E-state index is -0.179. The molecule has 0 radical (unpaired) electrons. The van der Waals surface area contributed by atoms with Gasteiger partial charge in [0.25, 0.3) is 0 Å². The molecular weight excluding hydrogens is 348 g/mol. The van der Waals surface area contributed by atoms with Crippen LogP contribution in [0.3, 0.4) is 0 Å². The lowest BCUT2D eigenvalue weighted by atomic mass is 10.3. The Balaban J connectivity index is 1.52. The van der Waals surface area contributed by atoms with Crippen LogP contribution in [-0.4, -0.2) is 27.0 Å². The first kappa shape index (κ1) is 14.5. The maximum atomic E-state index is 11.7. The van der Waals surface area contributed by atoms with Crippen LogP contribution < -0.4 is 5.32 Å². The van der Waals surface area contributed by atoms with Gasteiger partial charge in [0.1, 0.15) is 11.6 Å². The van der Waals surface area contributed by atoms with E-state index in [2.05, 4.69) is 31.4 Å². The van der Waals surface area contributed by atoms with Gasteiger partial charge in [-0.3, -0.25) is 9.20 Å². The highest BCUT2D eigenvalue weighted by Crippen LogP contribution is 2.14. The molecule has 3 aromatic heterocycles. The normalized spacial score (nSPS) is 11.3. The number of hydrogen-bond acceptors (Lipinski definition) is 4. The molecule has 0 atom stereocenters. The number of fused-ring (bicyclic) bond motifs is 1. The van der Waals surface area contributed by atoms with Crippen LogP contribution in [0.1, 0.15) is 11.6 Å². The second kappa shape index (κ2) is 6.57. The molecule has 0 aromatic carbocycles. The number of hydrogen-bond donors (Lipinski definition) is 1. The Kier molecular flexibility index (Phi) is 4.34. The summed E-state index contributed by atoms with van der Waals surface area (Å²) in [7, 11) is 0. The van der Waals surface area contributed by atoms with Gasteiger partial charge in [-0.2, -0.15) is 0 Å². The zero-order valence-corrected chi connectivity index (χ0v) is 13.2. The van der Waals surface area contributed by atoms with Gasteiger partial charge in [0.15, 0.2) is 10.3 Å². The molecule has 3 rings (SSSR count). The first-order valence-electron chi connectivity index (χ1n) is 6.72. The summed E-state index contributed by atoms with van der Waals surface area (Å²) in [6.45, 7) is 0.487. The van der Waals surface area contributed by atoms with E-state index in [0.29, 0.717) is 23.4 Å². The molecule has 0 unspecified atom stereocenters. The van der Waals surface area contributed by atoms with Crippen molar-refractivity contribution < 1.29 is 9.21 Å². The Morgan fingerprint density at radius 2 is 2.23 bits per heavy atom. The molecule has 0 saturated heterocycles. The first-order chi connectivity index (χ1) is 10.7. The molecule has 0 spiro atoms. The van der Waals surface area contributed by atoms with E-state index in [0.717, 1.165) is 11.5 Å². The molecule has 0 saturated carbocycles. The minimum absolute atomic E-state index is 0.179. The van der Waals surface area contributed by atoms with Gasteiger partial charge in [0.05, 0.1) is 0 Å². The summed E-state index contributed by atoms with van der Waals surface area (Å²) in [6.07, 6.45) is 5.57. The summed E-state index contributed by atoms with van der Waals surface area (Å²) in [5, 5.41) is 11.0. The molecule has 3 aromatic rings. The van der Waals surface area contributed by atoms with Crippen LogP contribution in [0.2, 0.25) is 0 Å². The van der Waals surface area contributed by atoms with Gasteiger partial charge in [0.2, 0.25) is 5.91 Å². The first-order valence-corrected chi connectivity index (χ1v) is 7.51. The van der Waals surface area contributed by atoms with Crippen LogP contribution in [0.15, 0.2) is 51.7 Å². The number of pyridine rings is 1. The van der Waals surface area contributed by atoms with Gasteiger partial charge in [0, 0.05) is 25.2 Å². The van der Waals surface area contributed by atoms with Crippen LogP contribution in [0.4, 0.5) is 0 Å². The third-order valence-electron chi connectivity index (χ3n) is 3.03. The van der Waals surface area contributed by atoms with Crippen molar-refractivity contribution in [2.75, 3.05) is 6.54 Å². The van der Waals surface area contributed by atoms with Gasteiger partial charge in [-0.05, 0) is 46.3 Å². The molecule has 0 aliphatic heterocycles. The molecule has 0 aliphatic carbocycles. The van der Waals surface area contributed by atoms with Gasteiger partial charge >= 0.3 is 0 Å². The second-order valence-electron chi connectivity index (χ2n) is 4.56. The predicted molar refractivity (Wildman–Crippen MR) is 85.1 cm³/mol. The summed E-state index contributed by atoms with van der Waals surface area (Å²) in [5.74, 6) is 1.25. The van der Waals surface area contributed by atoms with Crippen LogP contribution >= 0.6 is 15.9 Å². The lowest BCUT2D eigenvalue weighted by Crippen LogP contribution is -2.24. The zero-order chi connectivity index (χ0) is 15.4. The monoisotopic (exact) mass is 360 g/mol. The predicted octanol–water partition coefficient (Wildman–Crippen LogP) is 2.46. The quantitative estimate of drug-likeness (QED) is 0.709. The van der Waals surface area contributed by atoms with Crippen LogP contribution in [0.25, 0.3) is 11.7 Å². The summed E-state index contributed by atoms with van der Waals surface area (Å²) in [5.41, 5.74) is 0.798. The lowest BCUT2D eigenvalue weighted by Gasteiger charge is -2.01. The van der Waals surface area contributed by atoms with E-state index in [9.17, 15) is 4.79 Å². The minimum Gasteiger partial charge on any atom is -0.450 e. The van der Waals surface area contributed by atoms with Crippen molar-refractivity contribution in [1.82, 2.24) is 19.9 Å². The number of nitrogens with zero attached hydrogens (tertiary/aromatic N) is 3. The summed E-state index contributed by atoms with van der Waals surface area (Å²) in [6, 6.07) is 9.26. The number of furan rings is 1. The molecule has 112 valence electrons. The SMILES string of the molecule is O=C(/C=C/c1ccc(Br)o1)NCCc1nnc2ccccn12. The fraction of sp³-hybridized carbons (Fsp3) is 0.133. The van der Waals surface area contributed by atoms with E-state index in [1.54, 1.807) is 18.2 Å². The van der Waals surface area contributed by atoms with E-state index < -0.39 is 0 Å². The average molecular weight is 361 g/mol. The summed E-state index contributed by atoms with van der Waals surface area (Å²) >= 11 is 3.21. The standard InChI is InChI=1S/C15H13BrN4O2/c16-12-6-4-11(22-12)5-7-15(21)17-9-8-14-19-18-13-3-1-2-10-20(13)14/h1-7,10H,8-9H2,(H,17,21)/b7-5+. The molecule has 1 N–H and O–H groups in total. The topological polar surface area (TPSA) is 72.4 Å². The third kappa shape index (κ3) is 3.43. The zero-order valence-electron chi connectivity index (χ0n) is 11.6. The number of nitrogens with one attached hydrogen (secondary N) is 1. The van der Waals surface area contributed by atoms with E-state index in [1.165, 1.54) is 6.08 Å². The molecule has 6 nitrogen and oxygen atoms in total. The van der Waals surface area contributed by atoms with Crippen molar-refractivity contribution in [1.29, 1.82) is 0 Å². The number of carbonyl (C=O) groups excluding carboxylic acids is 1. The molecule has 7 heteroatoms. The highest BCUT2D eigenvalue weighted by atomic mass is 79.9. The van der Waals surface area contributed by atoms with Crippen molar-refractivity contribution in [3.63, 3.8) is 0 Å². The fourth-order valence-corrected chi connectivity index (χ4v) is 2.31. The third-order valence-corrected chi connectivity index (χ3v) is 3.45. The Morgan fingerprint density at radius 1 is 1.32 bits per heavy atom. The van der Waals surface area contributed by atoms with Crippen molar-refractivity contribution in [2.24, 2.45) is 0 Å². The number of amides is 1. The van der Waals surface area contributed by atoms with Crippen LogP contribution in [0, 0.1) is 0 Å². The number of carbonyl (C=O) groups is 1. The number of rotatable bonds is 5. The van der Waals surface area contributed by atoms with E-state index in [-0.39, 0.29) is 5.91 Å². The van der Waals surface area contributed by atoms with Crippen molar-refractivity contribution in [3.05, 3.63) is 58.9 Å². The molecule has 3 heterocycles. The molecular formula is C15H13BrN4O2. The molecule has 1 amide bonds. The van der Waals surface area contributed by atoms with Gasteiger partial charge in [-0.15, -0.1) is 10.2 Å². The van der Waals surface area contributed by atoms with E-state index in [4.69, 9.17) is 4.42 Å². The largest absolute Gasteiger partial charge is 0.450 e. The maximum absolute atomic E-state index is 11.7. The number of halogens is 1. The summed E-state index contributed by atoms with van der Waals surface area (Å²) < 4.78 is 7.81. The van der Waals surface area contributed by atoms with Gasteiger partial charge in [-0.25, -0.2) is 0 Å². The molecule has 0 aliphatic rings. The average Bonchev–Trinajstić information content (AvgIpc) is 3.12. The molecule has 0 fully saturated rings. The fourth-order valence-electron chi connectivity index (χ4n) is 1.99. The highest BCUT2D eigenvalue weighted by Gasteiger charge is 2.04. The van der Waals surface area contributed by atoms with Crippen LogP contribution in [-0.2, 0) is 11.2 Å². The van der Waals surface area contributed by atoms with Gasteiger partial charge in [-0.1, -0.05) is 6.07 Å². The van der Waals surface area contributed by atoms with Gasteiger partial charge < -0.3 is 9.73 Å². The molecule has 0 bridgehead atoms.